The fourth-order valence-electron chi connectivity index (χ4n) is 3.00. The van der Waals surface area contributed by atoms with Crippen LogP contribution in [-0.4, -0.2) is 18.6 Å². The highest BCUT2D eigenvalue weighted by molar-refractivity contribution is 5.75. The molecule has 3 N–H and O–H groups in total. The zero-order valence-corrected chi connectivity index (χ0v) is 13.0. The van der Waals surface area contributed by atoms with Crippen LogP contribution in [0.1, 0.15) is 39.5 Å². The van der Waals surface area contributed by atoms with Gasteiger partial charge in [0.05, 0.1) is 0 Å². The molecule has 0 radical (unpaired) electrons. The first-order valence-electron chi connectivity index (χ1n) is 7.82. The Hall–Kier alpha value is -1.71. The third kappa shape index (κ3) is 4.96. The van der Waals surface area contributed by atoms with Gasteiger partial charge in [0, 0.05) is 17.8 Å². The monoisotopic (exact) mass is 290 g/mol. The smallest absolute Gasteiger partial charge is 0.255 e. The van der Waals surface area contributed by atoms with Gasteiger partial charge in [-0.1, -0.05) is 19.9 Å². The summed E-state index contributed by atoms with van der Waals surface area (Å²) in [6.45, 7) is 4.55. The van der Waals surface area contributed by atoms with Gasteiger partial charge in [-0.05, 0) is 49.7 Å². The standard InChI is InChI=1S/C17H26N2O2/c1-12(2)13-6-8-14(9-7-13)19-15-4-3-5-16(10-15)21-11-17(18)20/h3-5,10,12-14,19H,6-9,11H2,1-2H3,(H2,18,20). The Bertz CT molecular complexity index is 466. The van der Waals surface area contributed by atoms with Gasteiger partial charge in [-0.15, -0.1) is 0 Å². The van der Waals surface area contributed by atoms with Crippen LogP contribution in [0.4, 0.5) is 5.69 Å². The molecule has 1 fully saturated rings. The fraction of sp³-hybridized carbons (Fsp3) is 0.588. The summed E-state index contributed by atoms with van der Waals surface area (Å²) >= 11 is 0. The first-order valence-corrected chi connectivity index (χ1v) is 7.82. The summed E-state index contributed by atoms with van der Waals surface area (Å²) in [7, 11) is 0. The molecular formula is C17H26N2O2. The van der Waals surface area contributed by atoms with Crippen LogP contribution in [0.5, 0.6) is 5.75 Å². The topological polar surface area (TPSA) is 64.3 Å². The summed E-state index contributed by atoms with van der Waals surface area (Å²) < 4.78 is 5.33. The number of hydrogen-bond donors (Lipinski definition) is 2. The quantitative estimate of drug-likeness (QED) is 0.845. The minimum atomic E-state index is -0.458. The molecule has 1 aromatic rings. The van der Waals surface area contributed by atoms with E-state index in [2.05, 4.69) is 19.2 Å². The van der Waals surface area contributed by atoms with E-state index in [-0.39, 0.29) is 6.61 Å². The van der Waals surface area contributed by atoms with E-state index in [0.717, 1.165) is 17.5 Å². The van der Waals surface area contributed by atoms with E-state index in [1.165, 1.54) is 25.7 Å². The predicted octanol–water partition coefficient (Wildman–Crippen LogP) is 3.18. The molecule has 1 amide bonds. The highest BCUT2D eigenvalue weighted by atomic mass is 16.5. The molecule has 1 saturated carbocycles. The molecule has 0 heterocycles. The summed E-state index contributed by atoms with van der Waals surface area (Å²) in [5.74, 6) is 1.87. The molecule has 21 heavy (non-hydrogen) atoms. The van der Waals surface area contributed by atoms with E-state index in [0.29, 0.717) is 11.8 Å². The van der Waals surface area contributed by atoms with E-state index < -0.39 is 5.91 Å². The van der Waals surface area contributed by atoms with Crippen molar-refractivity contribution < 1.29 is 9.53 Å². The molecule has 4 heteroatoms. The highest BCUT2D eigenvalue weighted by Crippen LogP contribution is 2.31. The zero-order valence-electron chi connectivity index (χ0n) is 13.0. The normalized spacial score (nSPS) is 22.0. The number of primary amides is 1. The summed E-state index contributed by atoms with van der Waals surface area (Å²) in [6, 6.07) is 8.26. The lowest BCUT2D eigenvalue weighted by Crippen LogP contribution is -2.27. The van der Waals surface area contributed by atoms with E-state index in [9.17, 15) is 4.79 Å². The average Bonchev–Trinajstić information content (AvgIpc) is 2.46. The Labute approximate surface area is 127 Å². The molecular weight excluding hydrogens is 264 g/mol. The Balaban J connectivity index is 1.86. The molecule has 1 aliphatic rings. The molecule has 116 valence electrons. The largest absolute Gasteiger partial charge is 0.484 e. The average molecular weight is 290 g/mol. The predicted molar refractivity (Wildman–Crippen MR) is 85.3 cm³/mol. The van der Waals surface area contributed by atoms with Gasteiger partial charge in [0.15, 0.2) is 6.61 Å². The van der Waals surface area contributed by atoms with Gasteiger partial charge in [0.1, 0.15) is 5.75 Å². The van der Waals surface area contributed by atoms with Crippen molar-refractivity contribution in [2.75, 3.05) is 11.9 Å². The van der Waals surface area contributed by atoms with Crippen molar-refractivity contribution in [3.8, 4) is 5.75 Å². The molecule has 2 rings (SSSR count). The van der Waals surface area contributed by atoms with Crippen molar-refractivity contribution >= 4 is 11.6 Å². The van der Waals surface area contributed by atoms with Crippen molar-refractivity contribution in [2.24, 2.45) is 17.6 Å². The number of amides is 1. The second kappa shape index (κ2) is 7.34. The van der Waals surface area contributed by atoms with Gasteiger partial charge < -0.3 is 15.8 Å². The van der Waals surface area contributed by atoms with Crippen LogP contribution < -0.4 is 15.8 Å². The van der Waals surface area contributed by atoms with Gasteiger partial charge in [0.2, 0.25) is 0 Å². The molecule has 1 aromatic carbocycles. The Kier molecular flexibility index (Phi) is 5.48. The third-order valence-electron chi connectivity index (χ3n) is 4.30. The molecule has 0 saturated heterocycles. The Morgan fingerprint density at radius 1 is 1.33 bits per heavy atom. The first-order chi connectivity index (χ1) is 10.0. The maximum Gasteiger partial charge on any atom is 0.255 e. The number of carbonyl (C=O) groups is 1. The summed E-state index contributed by atoms with van der Waals surface area (Å²) in [5.41, 5.74) is 6.13. The zero-order chi connectivity index (χ0) is 15.2. The lowest BCUT2D eigenvalue weighted by atomic mass is 9.79. The molecule has 0 atom stereocenters. The van der Waals surface area contributed by atoms with Crippen molar-refractivity contribution in [1.82, 2.24) is 0 Å². The van der Waals surface area contributed by atoms with Gasteiger partial charge >= 0.3 is 0 Å². The third-order valence-corrected chi connectivity index (χ3v) is 4.30. The van der Waals surface area contributed by atoms with Crippen LogP contribution in [0.15, 0.2) is 24.3 Å². The lowest BCUT2D eigenvalue weighted by Gasteiger charge is -2.31. The fourth-order valence-corrected chi connectivity index (χ4v) is 3.00. The number of carbonyl (C=O) groups excluding carboxylic acids is 1. The summed E-state index contributed by atoms with van der Waals surface area (Å²) in [4.78, 5) is 10.7. The van der Waals surface area contributed by atoms with Crippen LogP contribution >= 0.6 is 0 Å². The molecule has 4 nitrogen and oxygen atoms in total. The maximum absolute atomic E-state index is 10.7. The number of hydrogen-bond acceptors (Lipinski definition) is 3. The van der Waals surface area contributed by atoms with E-state index in [1.807, 2.05) is 24.3 Å². The minimum absolute atomic E-state index is 0.0804. The molecule has 0 aliphatic heterocycles. The number of ether oxygens (including phenoxy) is 1. The number of nitrogens with two attached hydrogens (primary N) is 1. The molecule has 1 aliphatic carbocycles. The minimum Gasteiger partial charge on any atom is -0.484 e. The first kappa shape index (κ1) is 15.7. The Morgan fingerprint density at radius 3 is 2.67 bits per heavy atom. The van der Waals surface area contributed by atoms with Crippen molar-refractivity contribution in [2.45, 2.75) is 45.6 Å². The van der Waals surface area contributed by atoms with Crippen LogP contribution in [0.25, 0.3) is 0 Å². The van der Waals surface area contributed by atoms with Crippen molar-refractivity contribution in [3.05, 3.63) is 24.3 Å². The van der Waals surface area contributed by atoms with Crippen LogP contribution in [0.3, 0.4) is 0 Å². The van der Waals surface area contributed by atoms with Crippen molar-refractivity contribution in [3.63, 3.8) is 0 Å². The highest BCUT2D eigenvalue weighted by Gasteiger charge is 2.23. The molecule has 0 unspecified atom stereocenters. The van der Waals surface area contributed by atoms with Gasteiger partial charge in [-0.3, -0.25) is 4.79 Å². The van der Waals surface area contributed by atoms with Crippen LogP contribution in [-0.2, 0) is 4.79 Å². The van der Waals surface area contributed by atoms with Crippen LogP contribution in [0.2, 0.25) is 0 Å². The molecule has 0 spiro atoms. The maximum atomic E-state index is 10.7. The van der Waals surface area contributed by atoms with Gasteiger partial charge in [-0.25, -0.2) is 0 Å². The second-order valence-corrected chi connectivity index (χ2v) is 6.28. The number of anilines is 1. The van der Waals surface area contributed by atoms with E-state index in [4.69, 9.17) is 10.5 Å². The number of benzene rings is 1. The van der Waals surface area contributed by atoms with E-state index in [1.54, 1.807) is 0 Å². The SMILES string of the molecule is CC(C)C1CCC(Nc2cccc(OCC(N)=O)c2)CC1. The molecule has 0 aromatic heterocycles. The van der Waals surface area contributed by atoms with Crippen molar-refractivity contribution in [1.29, 1.82) is 0 Å². The second-order valence-electron chi connectivity index (χ2n) is 6.28. The Morgan fingerprint density at radius 2 is 2.05 bits per heavy atom. The van der Waals surface area contributed by atoms with Gasteiger partial charge in [0.25, 0.3) is 5.91 Å². The van der Waals surface area contributed by atoms with Crippen LogP contribution in [0, 0.1) is 11.8 Å². The number of nitrogens with one attached hydrogen (secondary N) is 1. The summed E-state index contributed by atoms with van der Waals surface area (Å²) in [6.07, 6.45) is 5.03. The summed E-state index contributed by atoms with van der Waals surface area (Å²) in [5, 5.41) is 3.57. The van der Waals surface area contributed by atoms with E-state index >= 15 is 0 Å². The lowest BCUT2D eigenvalue weighted by molar-refractivity contribution is -0.119. The molecule has 0 bridgehead atoms. The number of rotatable bonds is 6. The van der Waals surface area contributed by atoms with Gasteiger partial charge in [-0.2, -0.15) is 0 Å².